The van der Waals surface area contributed by atoms with E-state index in [1.165, 1.54) is 4.88 Å². The van der Waals surface area contributed by atoms with E-state index in [4.69, 9.17) is 4.74 Å². The first-order valence-electron chi connectivity index (χ1n) is 12.1. The van der Waals surface area contributed by atoms with Gasteiger partial charge >= 0.3 is 12.0 Å². The summed E-state index contributed by atoms with van der Waals surface area (Å²) in [4.78, 5) is 44.3. The lowest BCUT2D eigenvalue weighted by atomic mass is 10.2. The molecule has 3 aromatic rings. The molecule has 0 atom stereocenters. The SMILES string of the molecule is CCOC(=O)c1ccc(NC(=O)N(CC(=O)N(Cc2ccccc2)Cc2ccc(C)s2)C2CC2)cc1. The molecule has 0 aliphatic heterocycles. The van der Waals surface area contributed by atoms with Gasteiger partial charge in [0.25, 0.3) is 0 Å². The first-order chi connectivity index (χ1) is 17.4. The van der Waals surface area contributed by atoms with Crippen LogP contribution in [0.1, 0.15) is 45.4 Å². The molecule has 7 nitrogen and oxygen atoms in total. The largest absolute Gasteiger partial charge is 0.462 e. The molecule has 0 radical (unpaired) electrons. The molecule has 2 aromatic carbocycles. The Morgan fingerprint density at radius 3 is 2.31 bits per heavy atom. The molecule has 8 heteroatoms. The summed E-state index contributed by atoms with van der Waals surface area (Å²) < 4.78 is 5.00. The van der Waals surface area contributed by atoms with E-state index >= 15 is 0 Å². The standard InChI is InChI=1S/C28H31N3O4S/c1-3-35-27(33)22-10-12-23(13-11-22)29-28(34)31(24-14-15-24)19-26(32)30(17-21-7-5-4-6-8-21)18-25-16-9-20(2)36-25/h4-13,16,24H,3,14-15,17-19H2,1-2H3,(H,29,34). The number of ether oxygens (including phenoxy) is 1. The van der Waals surface area contributed by atoms with E-state index in [1.54, 1.807) is 47.4 Å². The van der Waals surface area contributed by atoms with Crippen molar-refractivity contribution in [3.05, 3.63) is 87.6 Å². The van der Waals surface area contributed by atoms with E-state index in [1.807, 2.05) is 35.2 Å². The fourth-order valence-electron chi connectivity index (χ4n) is 3.89. The minimum absolute atomic E-state index is 0.00853. The Hall–Kier alpha value is -3.65. The van der Waals surface area contributed by atoms with Gasteiger partial charge in [0.15, 0.2) is 0 Å². The zero-order valence-electron chi connectivity index (χ0n) is 20.6. The number of amides is 3. The molecule has 0 bridgehead atoms. The highest BCUT2D eigenvalue weighted by molar-refractivity contribution is 7.11. The molecule has 3 amide bonds. The Kier molecular flexibility index (Phi) is 8.38. The summed E-state index contributed by atoms with van der Waals surface area (Å²) in [6.45, 7) is 5.09. The quantitative estimate of drug-likeness (QED) is 0.371. The van der Waals surface area contributed by atoms with Crippen LogP contribution in [0.15, 0.2) is 66.7 Å². The fraction of sp³-hybridized carbons (Fsp3) is 0.321. The first kappa shape index (κ1) is 25.4. The smallest absolute Gasteiger partial charge is 0.338 e. The number of hydrogen-bond acceptors (Lipinski definition) is 5. The molecule has 1 aliphatic carbocycles. The van der Waals surface area contributed by atoms with Crippen LogP contribution in [0.5, 0.6) is 0 Å². The monoisotopic (exact) mass is 505 g/mol. The second kappa shape index (κ2) is 11.9. The van der Waals surface area contributed by atoms with E-state index in [9.17, 15) is 14.4 Å². The topological polar surface area (TPSA) is 79.0 Å². The highest BCUT2D eigenvalue weighted by atomic mass is 32.1. The number of thiophene rings is 1. The van der Waals surface area contributed by atoms with Crippen molar-refractivity contribution in [2.24, 2.45) is 0 Å². The van der Waals surface area contributed by atoms with Crippen molar-refractivity contribution in [2.45, 2.75) is 45.8 Å². The molecule has 1 N–H and O–H groups in total. The number of hydrogen-bond donors (Lipinski definition) is 1. The lowest BCUT2D eigenvalue weighted by Crippen LogP contribution is -2.45. The number of carbonyl (C=O) groups is 3. The third kappa shape index (κ3) is 6.95. The van der Waals surface area contributed by atoms with Crippen LogP contribution in [0, 0.1) is 6.92 Å². The summed E-state index contributed by atoms with van der Waals surface area (Å²) in [6.07, 6.45) is 1.76. The first-order valence-corrected chi connectivity index (χ1v) is 13.0. The van der Waals surface area contributed by atoms with Crippen LogP contribution in [0.25, 0.3) is 0 Å². The molecule has 1 fully saturated rings. The van der Waals surface area contributed by atoms with Gasteiger partial charge in [-0.2, -0.15) is 0 Å². The Bertz CT molecular complexity index is 1190. The van der Waals surface area contributed by atoms with Gasteiger partial charge in [0.1, 0.15) is 6.54 Å². The maximum Gasteiger partial charge on any atom is 0.338 e. The van der Waals surface area contributed by atoms with Crippen LogP contribution in [0.4, 0.5) is 10.5 Å². The van der Waals surface area contributed by atoms with Crippen LogP contribution < -0.4 is 5.32 Å². The highest BCUT2D eigenvalue weighted by Crippen LogP contribution is 2.28. The Labute approximate surface area is 215 Å². The average molecular weight is 506 g/mol. The summed E-state index contributed by atoms with van der Waals surface area (Å²) in [6, 6.07) is 20.3. The van der Waals surface area contributed by atoms with E-state index < -0.39 is 5.97 Å². The van der Waals surface area contributed by atoms with Crippen LogP contribution in [0.3, 0.4) is 0 Å². The minimum Gasteiger partial charge on any atom is -0.462 e. The van der Waals surface area contributed by atoms with Crippen LogP contribution in [-0.4, -0.2) is 46.9 Å². The molecule has 1 aromatic heterocycles. The van der Waals surface area contributed by atoms with Gasteiger partial charge in [-0.3, -0.25) is 4.79 Å². The van der Waals surface area contributed by atoms with Crippen LogP contribution in [0.2, 0.25) is 0 Å². The molecule has 1 aliphatic rings. The summed E-state index contributed by atoms with van der Waals surface area (Å²) in [5.74, 6) is -0.496. The second-order valence-corrected chi connectivity index (χ2v) is 10.2. The number of nitrogens with one attached hydrogen (secondary N) is 1. The predicted molar refractivity (Wildman–Crippen MR) is 141 cm³/mol. The number of urea groups is 1. The van der Waals surface area contributed by atoms with Crippen molar-refractivity contribution in [3.8, 4) is 0 Å². The van der Waals surface area contributed by atoms with Crippen molar-refractivity contribution in [1.82, 2.24) is 9.80 Å². The molecule has 188 valence electrons. The van der Waals surface area contributed by atoms with Gasteiger partial charge in [-0.05, 0) is 68.7 Å². The minimum atomic E-state index is -0.403. The van der Waals surface area contributed by atoms with Gasteiger partial charge < -0.3 is 19.9 Å². The van der Waals surface area contributed by atoms with Gasteiger partial charge in [0.05, 0.1) is 18.7 Å². The molecule has 1 heterocycles. The zero-order chi connectivity index (χ0) is 25.5. The number of benzene rings is 2. The summed E-state index contributed by atoms with van der Waals surface area (Å²) in [7, 11) is 0. The van der Waals surface area contributed by atoms with E-state index in [0.29, 0.717) is 30.9 Å². The predicted octanol–water partition coefficient (Wildman–Crippen LogP) is 5.46. The molecule has 4 rings (SSSR count). The molecule has 36 heavy (non-hydrogen) atoms. The second-order valence-electron chi connectivity index (χ2n) is 8.83. The molecular weight excluding hydrogens is 474 g/mol. The third-order valence-electron chi connectivity index (χ3n) is 5.91. The number of aryl methyl sites for hydroxylation is 1. The van der Waals surface area contributed by atoms with E-state index in [0.717, 1.165) is 23.3 Å². The average Bonchev–Trinajstić information content (AvgIpc) is 3.64. The number of esters is 1. The van der Waals surface area contributed by atoms with Crippen LogP contribution >= 0.6 is 11.3 Å². The molecule has 0 spiro atoms. The number of anilines is 1. The molecular formula is C28H31N3O4S. The molecule has 1 saturated carbocycles. The number of rotatable bonds is 10. The summed E-state index contributed by atoms with van der Waals surface area (Å²) in [5, 5.41) is 2.87. The summed E-state index contributed by atoms with van der Waals surface area (Å²) in [5.41, 5.74) is 2.02. The maximum atomic E-state index is 13.5. The van der Waals surface area contributed by atoms with Gasteiger partial charge in [0, 0.05) is 28.0 Å². The summed E-state index contributed by atoms with van der Waals surface area (Å²) >= 11 is 1.68. The zero-order valence-corrected chi connectivity index (χ0v) is 21.4. The van der Waals surface area contributed by atoms with Gasteiger partial charge in [-0.25, -0.2) is 9.59 Å². The van der Waals surface area contributed by atoms with Crippen LogP contribution in [-0.2, 0) is 22.6 Å². The van der Waals surface area contributed by atoms with E-state index in [-0.39, 0.29) is 24.5 Å². The third-order valence-corrected chi connectivity index (χ3v) is 6.90. The van der Waals surface area contributed by atoms with E-state index in [2.05, 4.69) is 24.4 Å². The number of carbonyl (C=O) groups excluding carboxylic acids is 3. The fourth-order valence-corrected chi connectivity index (χ4v) is 4.80. The van der Waals surface area contributed by atoms with Gasteiger partial charge in [0.2, 0.25) is 5.91 Å². The number of nitrogens with zero attached hydrogens (tertiary/aromatic N) is 2. The Balaban J connectivity index is 1.44. The van der Waals surface area contributed by atoms with Gasteiger partial charge in [-0.1, -0.05) is 30.3 Å². The van der Waals surface area contributed by atoms with Crippen molar-refractivity contribution in [2.75, 3.05) is 18.5 Å². The van der Waals surface area contributed by atoms with Crippen molar-refractivity contribution < 1.29 is 19.1 Å². The molecule has 0 saturated heterocycles. The maximum absolute atomic E-state index is 13.5. The molecule has 0 unspecified atom stereocenters. The lowest BCUT2D eigenvalue weighted by Gasteiger charge is -2.28. The lowest BCUT2D eigenvalue weighted by molar-refractivity contribution is -0.133. The van der Waals surface area contributed by atoms with Gasteiger partial charge in [-0.15, -0.1) is 11.3 Å². The van der Waals surface area contributed by atoms with Crippen molar-refractivity contribution >= 4 is 34.9 Å². The highest BCUT2D eigenvalue weighted by Gasteiger charge is 2.35. The van der Waals surface area contributed by atoms with Crippen molar-refractivity contribution in [1.29, 1.82) is 0 Å². The normalized spacial score (nSPS) is 12.6. The van der Waals surface area contributed by atoms with Crippen molar-refractivity contribution in [3.63, 3.8) is 0 Å². The Morgan fingerprint density at radius 2 is 1.69 bits per heavy atom. The Morgan fingerprint density at radius 1 is 0.972 bits per heavy atom.